The van der Waals surface area contributed by atoms with Crippen LogP contribution in [0.5, 0.6) is 0 Å². The van der Waals surface area contributed by atoms with Crippen LogP contribution in [-0.4, -0.2) is 100 Å². The second kappa shape index (κ2) is 15.0. The van der Waals surface area contributed by atoms with Gasteiger partial charge in [-0.1, -0.05) is 69.5 Å². The second-order valence-corrected chi connectivity index (χ2v) is 13.6. The van der Waals surface area contributed by atoms with Crippen LogP contribution in [0.15, 0.2) is 0 Å². The summed E-state index contributed by atoms with van der Waals surface area (Å²) >= 11 is 6.07. The molecule has 11 heteroatoms. The molecule has 0 aromatic rings. The lowest BCUT2D eigenvalue weighted by atomic mass is 9.94. The number of halogens is 1. The fourth-order valence-electron chi connectivity index (χ4n) is 6.58. The van der Waals surface area contributed by atoms with Crippen LogP contribution in [0.2, 0.25) is 0 Å². The van der Waals surface area contributed by atoms with E-state index in [1.807, 2.05) is 0 Å². The molecular formula is C26H50ClN7O2S. The van der Waals surface area contributed by atoms with Crippen LogP contribution in [0.4, 0.5) is 0 Å². The number of fused-ring (bicyclic) bond motifs is 1. The zero-order valence-electron chi connectivity index (χ0n) is 22.6. The predicted molar refractivity (Wildman–Crippen MR) is 152 cm³/mol. The SMILES string of the molecule is CCCCCCCCCCC1C(Cl)CNC2C(C(=O)NC3CNCCC3N3CC[S+]([O-])CC3)C(N)NN12. The minimum absolute atomic E-state index is 0.00172. The highest BCUT2D eigenvalue weighted by Crippen LogP contribution is 2.30. The number of nitrogens with two attached hydrogens (primary N) is 1. The van der Waals surface area contributed by atoms with Gasteiger partial charge in [0, 0.05) is 38.3 Å². The van der Waals surface area contributed by atoms with Gasteiger partial charge in [-0.2, -0.15) is 0 Å². The number of alkyl halides is 1. The van der Waals surface area contributed by atoms with Crippen LogP contribution in [0.3, 0.4) is 0 Å². The molecule has 4 aliphatic heterocycles. The summed E-state index contributed by atoms with van der Waals surface area (Å²) in [6, 6.07) is 0.451. The summed E-state index contributed by atoms with van der Waals surface area (Å²) in [5, 5.41) is 12.4. The molecule has 9 nitrogen and oxygen atoms in total. The van der Waals surface area contributed by atoms with E-state index in [4.69, 9.17) is 17.3 Å². The quantitative estimate of drug-likeness (QED) is 0.137. The predicted octanol–water partition coefficient (Wildman–Crippen LogP) is 1.05. The molecule has 0 saturated carbocycles. The van der Waals surface area contributed by atoms with Gasteiger partial charge >= 0.3 is 0 Å². The Bertz CT molecular complexity index is 702. The molecule has 4 aliphatic rings. The number of hydrogen-bond donors (Lipinski definition) is 5. The normalized spacial score (nSPS) is 35.9. The van der Waals surface area contributed by atoms with Crippen LogP contribution in [0, 0.1) is 5.92 Å². The third kappa shape index (κ3) is 7.95. The summed E-state index contributed by atoms with van der Waals surface area (Å²) in [6.07, 6.45) is 11.7. The van der Waals surface area contributed by atoms with Gasteiger partial charge in [0.2, 0.25) is 5.91 Å². The first-order valence-corrected chi connectivity index (χ1v) is 16.7. The van der Waals surface area contributed by atoms with Crippen molar-refractivity contribution in [3.8, 4) is 0 Å². The van der Waals surface area contributed by atoms with Crippen LogP contribution >= 0.6 is 11.6 Å². The number of amides is 1. The van der Waals surface area contributed by atoms with Crippen molar-refractivity contribution in [2.75, 3.05) is 44.2 Å². The summed E-state index contributed by atoms with van der Waals surface area (Å²) in [6.45, 7) is 6.30. The van der Waals surface area contributed by atoms with E-state index in [0.717, 1.165) is 56.9 Å². The molecule has 214 valence electrons. The first-order chi connectivity index (χ1) is 18.0. The van der Waals surface area contributed by atoms with Crippen molar-refractivity contribution in [2.24, 2.45) is 11.7 Å². The Hall–Kier alpha value is -0.170. The summed E-state index contributed by atoms with van der Waals surface area (Å²) in [5.74, 6) is 1.06. The minimum atomic E-state index is -0.705. The van der Waals surface area contributed by atoms with Gasteiger partial charge in [-0.05, 0) is 19.4 Å². The maximum absolute atomic E-state index is 13.6. The Morgan fingerprint density at radius 1 is 1.11 bits per heavy atom. The standard InChI is InChI=1S/C26H50ClN7O2S/c1-2-3-4-5-6-7-8-9-10-21-19(27)17-30-25-23(24(28)32-34(21)25)26(35)31-20-18-29-12-11-22(20)33-13-15-37(36)16-14-33/h19-25,29-30,32H,2-18,28H2,1H3,(H,31,35). The van der Waals surface area contributed by atoms with Crippen LogP contribution < -0.4 is 27.1 Å². The van der Waals surface area contributed by atoms with E-state index in [2.05, 4.69) is 38.2 Å². The fourth-order valence-corrected chi connectivity index (χ4v) is 8.00. The number of rotatable bonds is 12. The lowest BCUT2D eigenvalue weighted by molar-refractivity contribution is -0.128. The molecule has 37 heavy (non-hydrogen) atoms. The van der Waals surface area contributed by atoms with E-state index < -0.39 is 17.3 Å². The second-order valence-electron chi connectivity index (χ2n) is 11.3. The number of nitrogens with zero attached hydrogens (tertiary/aromatic N) is 2. The van der Waals surface area contributed by atoms with Crippen molar-refractivity contribution in [1.82, 2.24) is 31.3 Å². The van der Waals surface area contributed by atoms with E-state index in [9.17, 15) is 9.35 Å². The molecule has 0 aromatic heterocycles. The van der Waals surface area contributed by atoms with E-state index >= 15 is 0 Å². The Balaban J connectivity index is 1.29. The van der Waals surface area contributed by atoms with E-state index in [1.54, 1.807) is 0 Å². The molecular weight excluding hydrogens is 510 g/mol. The van der Waals surface area contributed by atoms with E-state index in [-0.39, 0.29) is 41.5 Å². The highest BCUT2D eigenvalue weighted by molar-refractivity contribution is 7.91. The van der Waals surface area contributed by atoms with Crippen molar-refractivity contribution < 1.29 is 9.35 Å². The molecule has 4 heterocycles. The average Bonchev–Trinajstić information content (AvgIpc) is 3.23. The van der Waals surface area contributed by atoms with Gasteiger partial charge in [-0.3, -0.25) is 15.0 Å². The summed E-state index contributed by atoms with van der Waals surface area (Å²) in [5.41, 5.74) is 9.93. The number of hydrogen-bond acceptors (Lipinski definition) is 8. The van der Waals surface area contributed by atoms with Crippen molar-refractivity contribution in [3.63, 3.8) is 0 Å². The lowest BCUT2D eigenvalue weighted by Gasteiger charge is -2.43. The molecule has 6 N–H and O–H groups in total. The highest BCUT2D eigenvalue weighted by Gasteiger charge is 2.51. The van der Waals surface area contributed by atoms with Crippen LogP contribution in [0.1, 0.15) is 71.1 Å². The summed E-state index contributed by atoms with van der Waals surface area (Å²) in [7, 11) is 0. The number of carbonyl (C=O) groups excluding carboxylic acids is 1. The van der Waals surface area contributed by atoms with Crippen LogP contribution in [0.25, 0.3) is 0 Å². The maximum Gasteiger partial charge on any atom is 0.229 e. The van der Waals surface area contributed by atoms with Crippen molar-refractivity contribution in [2.45, 2.75) is 107 Å². The number of unbranched alkanes of at least 4 members (excludes halogenated alkanes) is 7. The van der Waals surface area contributed by atoms with Crippen molar-refractivity contribution >= 4 is 28.7 Å². The number of nitrogens with one attached hydrogen (secondary N) is 4. The molecule has 7 unspecified atom stereocenters. The number of piperidine rings is 1. The zero-order valence-corrected chi connectivity index (χ0v) is 24.2. The van der Waals surface area contributed by atoms with Gasteiger partial charge < -0.3 is 20.9 Å². The van der Waals surface area contributed by atoms with Gasteiger partial charge in [-0.25, -0.2) is 10.4 Å². The Kier molecular flexibility index (Phi) is 12.1. The van der Waals surface area contributed by atoms with Gasteiger partial charge in [-0.15, -0.1) is 11.6 Å². The zero-order chi connectivity index (χ0) is 26.2. The molecule has 4 fully saturated rings. The monoisotopic (exact) mass is 559 g/mol. The third-order valence-corrected chi connectivity index (χ3v) is 10.5. The maximum atomic E-state index is 13.6. The minimum Gasteiger partial charge on any atom is -0.616 e. The fraction of sp³-hybridized carbons (Fsp3) is 0.962. The molecule has 0 radical (unpaired) electrons. The Labute approximate surface area is 231 Å². The van der Waals surface area contributed by atoms with Crippen molar-refractivity contribution in [1.29, 1.82) is 0 Å². The molecule has 7 atom stereocenters. The first kappa shape index (κ1) is 29.8. The average molecular weight is 560 g/mol. The summed E-state index contributed by atoms with van der Waals surface area (Å²) < 4.78 is 11.9. The van der Waals surface area contributed by atoms with Gasteiger partial charge in [0.15, 0.2) is 0 Å². The molecule has 4 rings (SSSR count). The Morgan fingerprint density at radius 2 is 1.81 bits per heavy atom. The van der Waals surface area contributed by atoms with Gasteiger partial charge in [0.1, 0.15) is 11.5 Å². The largest absolute Gasteiger partial charge is 0.616 e. The topological polar surface area (TPSA) is 121 Å². The lowest BCUT2D eigenvalue weighted by Crippen LogP contribution is -2.65. The van der Waals surface area contributed by atoms with E-state index in [0.29, 0.717) is 6.54 Å². The smallest absolute Gasteiger partial charge is 0.229 e. The molecule has 0 bridgehead atoms. The molecule has 4 saturated heterocycles. The molecule has 0 aromatic carbocycles. The highest BCUT2D eigenvalue weighted by atomic mass is 35.5. The van der Waals surface area contributed by atoms with Gasteiger partial charge in [0.05, 0.1) is 29.7 Å². The molecule has 1 amide bonds. The Morgan fingerprint density at radius 3 is 2.54 bits per heavy atom. The van der Waals surface area contributed by atoms with Gasteiger partial charge in [0.25, 0.3) is 0 Å². The molecule has 0 aliphatic carbocycles. The molecule has 0 spiro atoms. The van der Waals surface area contributed by atoms with E-state index in [1.165, 1.54) is 44.9 Å². The number of carbonyl (C=O) groups is 1. The first-order valence-electron chi connectivity index (χ1n) is 14.8. The number of hydrazine groups is 1. The van der Waals surface area contributed by atoms with Crippen LogP contribution in [-0.2, 0) is 16.0 Å². The third-order valence-electron chi connectivity index (χ3n) is 8.73. The summed E-state index contributed by atoms with van der Waals surface area (Å²) in [4.78, 5) is 16.0. The van der Waals surface area contributed by atoms with Crippen molar-refractivity contribution in [3.05, 3.63) is 0 Å².